The molecule has 2 N–H and O–H groups in total. The number of nitrogens with zero attached hydrogens (tertiary/aromatic N) is 3. The first-order chi connectivity index (χ1) is 18.0. The lowest BCUT2D eigenvalue weighted by Gasteiger charge is -2.26. The summed E-state index contributed by atoms with van der Waals surface area (Å²) in [5.74, 6) is 0.749. The van der Waals surface area contributed by atoms with Crippen molar-refractivity contribution in [2.24, 2.45) is 0 Å². The number of fused-ring (bicyclic) bond motifs is 2. The van der Waals surface area contributed by atoms with Gasteiger partial charge in [-0.3, -0.25) is 14.5 Å². The van der Waals surface area contributed by atoms with Crippen molar-refractivity contribution >= 4 is 11.8 Å². The molecule has 2 aromatic carbocycles. The molecule has 1 aromatic heterocycles. The summed E-state index contributed by atoms with van der Waals surface area (Å²) in [6, 6.07) is 19.9. The number of ether oxygens (including phenoxy) is 2. The molecule has 2 heterocycles. The lowest BCUT2D eigenvalue weighted by molar-refractivity contribution is -0.123. The van der Waals surface area contributed by atoms with Crippen LogP contribution in [-0.4, -0.2) is 84.2 Å². The monoisotopic (exact) mass is 504 g/mol. The zero-order valence-corrected chi connectivity index (χ0v) is 20.9. The van der Waals surface area contributed by atoms with Crippen LogP contribution in [0.1, 0.15) is 15.9 Å². The Morgan fingerprint density at radius 3 is 2.57 bits per heavy atom. The Morgan fingerprint density at radius 1 is 1.03 bits per heavy atom. The number of pyridine rings is 1. The van der Waals surface area contributed by atoms with Gasteiger partial charge < -0.3 is 24.8 Å². The number of carbonyl (C=O) groups is 2. The molecule has 0 saturated carbocycles. The van der Waals surface area contributed by atoms with E-state index < -0.39 is 0 Å². The highest BCUT2D eigenvalue weighted by molar-refractivity contribution is 5.96. The molecule has 37 heavy (non-hydrogen) atoms. The number of hydrogen-bond donors (Lipinski definition) is 2. The maximum Gasteiger partial charge on any atom is 0.259 e. The molecule has 1 aliphatic rings. The van der Waals surface area contributed by atoms with E-state index >= 15 is 0 Å². The number of aliphatic hydroxyl groups is 1. The predicted molar refractivity (Wildman–Crippen MR) is 139 cm³/mol. The van der Waals surface area contributed by atoms with Gasteiger partial charge in [0.05, 0.1) is 19.2 Å². The van der Waals surface area contributed by atoms with Crippen LogP contribution in [0.3, 0.4) is 0 Å². The first kappa shape index (κ1) is 26.1. The van der Waals surface area contributed by atoms with Crippen LogP contribution in [0.2, 0.25) is 0 Å². The average molecular weight is 505 g/mol. The maximum atomic E-state index is 13.2. The quantitative estimate of drug-likeness (QED) is 0.531. The molecule has 0 aliphatic carbocycles. The van der Waals surface area contributed by atoms with Crippen LogP contribution in [0, 0.1) is 0 Å². The van der Waals surface area contributed by atoms with Gasteiger partial charge in [-0.25, -0.2) is 4.98 Å². The third kappa shape index (κ3) is 7.28. The van der Waals surface area contributed by atoms with Crippen molar-refractivity contribution in [3.63, 3.8) is 0 Å². The maximum absolute atomic E-state index is 13.2. The number of rotatable bonds is 6. The van der Waals surface area contributed by atoms with Crippen molar-refractivity contribution in [1.82, 2.24) is 20.1 Å². The summed E-state index contributed by atoms with van der Waals surface area (Å²) in [7, 11) is 1.71. The largest absolute Gasteiger partial charge is 0.488 e. The minimum absolute atomic E-state index is 0.104. The summed E-state index contributed by atoms with van der Waals surface area (Å²) in [4.78, 5) is 33.9. The highest BCUT2D eigenvalue weighted by Crippen LogP contribution is 2.32. The van der Waals surface area contributed by atoms with Gasteiger partial charge in [0.2, 0.25) is 11.8 Å². The standard InChI is InChI=1S/C28H32N4O5/c1-31-14-15-32(19-26(34)30-22(20-33)18-21-8-3-2-4-9-21)16-17-36-24-11-5-6-12-25(24)37-27-23(28(31)35)10-7-13-29-27/h2-13,22,33H,14-20H2,1H3,(H,30,34)/t22-/m0/s1. The summed E-state index contributed by atoms with van der Waals surface area (Å²) in [5.41, 5.74) is 1.38. The second kappa shape index (κ2) is 12.8. The van der Waals surface area contributed by atoms with Crippen LogP contribution in [0.4, 0.5) is 0 Å². The molecule has 0 radical (unpaired) electrons. The number of nitrogens with one attached hydrogen (secondary N) is 1. The SMILES string of the molecule is CN1CCN(CC(=O)N[C@H](CO)Cc2ccccc2)CCOc2ccccc2Oc2ncccc2C1=O. The normalized spacial score (nSPS) is 15.5. The molecule has 3 aromatic rings. The van der Waals surface area contributed by atoms with Gasteiger partial charge in [-0.15, -0.1) is 0 Å². The van der Waals surface area contributed by atoms with Crippen molar-refractivity contribution in [3.8, 4) is 17.4 Å². The van der Waals surface area contributed by atoms with Crippen LogP contribution < -0.4 is 14.8 Å². The first-order valence-corrected chi connectivity index (χ1v) is 12.3. The lowest BCUT2D eigenvalue weighted by atomic mass is 10.1. The number of likely N-dealkylation sites (N-methyl/N-ethyl adjacent to an activating group) is 1. The lowest BCUT2D eigenvalue weighted by Crippen LogP contribution is -2.47. The number of aromatic nitrogens is 1. The molecule has 2 amide bonds. The zero-order valence-electron chi connectivity index (χ0n) is 20.9. The number of para-hydroxylation sites is 2. The van der Waals surface area contributed by atoms with Crippen LogP contribution in [-0.2, 0) is 11.2 Å². The number of hydrogen-bond acceptors (Lipinski definition) is 7. The molecule has 0 fully saturated rings. The molecule has 1 aliphatic heterocycles. The molecule has 9 nitrogen and oxygen atoms in total. The molecule has 0 unspecified atom stereocenters. The first-order valence-electron chi connectivity index (χ1n) is 12.3. The predicted octanol–water partition coefficient (Wildman–Crippen LogP) is 2.36. The molecule has 0 saturated heterocycles. The van der Waals surface area contributed by atoms with Gasteiger partial charge in [-0.2, -0.15) is 0 Å². The minimum atomic E-state index is -0.389. The Balaban J connectivity index is 1.47. The molecule has 0 spiro atoms. The van der Waals surface area contributed by atoms with Gasteiger partial charge in [0.25, 0.3) is 5.91 Å². The fraction of sp³-hybridized carbons (Fsp3) is 0.321. The Bertz CT molecular complexity index is 1190. The number of amides is 2. The minimum Gasteiger partial charge on any atom is -0.488 e. The second-order valence-corrected chi connectivity index (χ2v) is 8.89. The van der Waals surface area contributed by atoms with E-state index in [0.29, 0.717) is 49.7 Å². The van der Waals surface area contributed by atoms with Crippen LogP contribution in [0.15, 0.2) is 72.9 Å². The van der Waals surface area contributed by atoms with Gasteiger partial charge in [0.1, 0.15) is 12.2 Å². The highest BCUT2D eigenvalue weighted by Gasteiger charge is 2.22. The van der Waals surface area contributed by atoms with E-state index in [1.54, 1.807) is 42.4 Å². The van der Waals surface area contributed by atoms with Gasteiger partial charge in [0.15, 0.2) is 11.5 Å². The fourth-order valence-corrected chi connectivity index (χ4v) is 4.08. The van der Waals surface area contributed by atoms with Crippen molar-refractivity contribution < 1.29 is 24.2 Å². The van der Waals surface area contributed by atoms with Gasteiger partial charge in [0, 0.05) is 32.9 Å². The van der Waals surface area contributed by atoms with Gasteiger partial charge >= 0.3 is 0 Å². The zero-order chi connectivity index (χ0) is 26.0. The molecular weight excluding hydrogens is 472 g/mol. The Kier molecular flexibility index (Phi) is 9.07. The Morgan fingerprint density at radius 2 is 1.78 bits per heavy atom. The van der Waals surface area contributed by atoms with Crippen molar-refractivity contribution in [2.45, 2.75) is 12.5 Å². The number of carbonyl (C=O) groups excluding carboxylic acids is 2. The molecule has 0 bridgehead atoms. The van der Waals surface area contributed by atoms with Gasteiger partial charge in [-0.05, 0) is 36.2 Å². The number of aliphatic hydroxyl groups excluding tert-OH is 1. The van der Waals surface area contributed by atoms with Crippen molar-refractivity contribution in [3.05, 3.63) is 84.1 Å². The third-order valence-corrected chi connectivity index (χ3v) is 6.10. The molecule has 194 valence electrons. The topological polar surface area (TPSA) is 104 Å². The summed E-state index contributed by atoms with van der Waals surface area (Å²) in [6.07, 6.45) is 2.11. The summed E-state index contributed by atoms with van der Waals surface area (Å²) in [6.45, 7) is 1.56. The van der Waals surface area contributed by atoms with Crippen LogP contribution >= 0.6 is 0 Å². The van der Waals surface area contributed by atoms with E-state index in [4.69, 9.17) is 9.47 Å². The smallest absolute Gasteiger partial charge is 0.259 e. The molecule has 4 rings (SSSR count). The Hall–Kier alpha value is -3.95. The number of benzene rings is 2. The van der Waals surface area contributed by atoms with Crippen LogP contribution in [0.5, 0.6) is 17.4 Å². The fourth-order valence-electron chi connectivity index (χ4n) is 4.08. The van der Waals surface area contributed by atoms with E-state index in [0.717, 1.165) is 5.56 Å². The third-order valence-electron chi connectivity index (χ3n) is 6.10. The summed E-state index contributed by atoms with van der Waals surface area (Å²) in [5, 5.41) is 12.7. The summed E-state index contributed by atoms with van der Waals surface area (Å²) < 4.78 is 12.0. The molecular formula is C28H32N4O5. The van der Waals surface area contributed by atoms with Crippen LogP contribution in [0.25, 0.3) is 0 Å². The highest BCUT2D eigenvalue weighted by atomic mass is 16.5. The molecule has 1 atom stereocenters. The van der Waals surface area contributed by atoms with E-state index in [9.17, 15) is 14.7 Å². The van der Waals surface area contributed by atoms with Crippen molar-refractivity contribution in [2.75, 3.05) is 46.4 Å². The van der Waals surface area contributed by atoms with E-state index in [2.05, 4.69) is 10.3 Å². The van der Waals surface area contributed by atoms with E-state index in [-0.39, 0.29) is 36.9 Å². The second-order valence-electron chi connectivity index (χ2n) is 8.89. The molecule has 9 heteroatoms. The van der Waals surface area contributed by atoms with E-state index in [1.807, 2.05) is 47.4 Å². The van der Waals surface area contributed by atoms with E-state index in [1.165, 1.54) is 0 Å². The van der Waals surface area contributed by atoms with Crippen molar-refractivity contribution in [1.29, 1.82) is 0 Å². The average Bonchev–Trinajstić information content (AvgIpc) is 2.92. The summed E-state index contributed by atoms with van der Waals surface area (Å²) >= 11 is 0. The van der Waals surface area contributed by atoms with Gasteiger partial charge in [-0.1, -0.05) is 42.5 Å². The Labute approximate surface area is 216 Å².